The van der Waals surface area contributed by atoms with E-state index in [9.17, 15) is 9.18 Å². The third-order valence-electron chi connectivity index (χ3n) is 4.70. The summed E-state index contributed by atoms with van der Waals surface area (Å²) in [5.74, 6) is 0.0931. The maximum absolute atomic E-state index is 13.1. The number of halogens is 2. The van der Waals surface area contributed by atoms with Gasteiger partial charge in [0.25, 0.3) is 0 Å². The molecule has 0 aliphatic rings. The van der Waals surface area contributed by atoms with Crippen LogP contribution in [0.15, 0.2) is 82.5 Å². The van der Waals surface area contributed by atoms with Crippen molar-refractivity contribution in [3.8, 4) is 5.75 Å². The Kier molecular flexibility index (Phi) is 6.43. The molecule has 0 aliphatic heterocycles. The minimum absolute atomic E-state index is 0.216. The number of nitrogens with one attached hydrogen (secondary N) is 2. The lowest BCUT2D eigenvalue weighted by molar-refractivity contribution is -0.120. The average Bonchev–Trinajstić information content (AvgIpc) is 3.17. The van der Waals surface area contributed by atoms with Gasteiger partial charge in [-0.15, -0.1) is 0 Å². The molecule has 3 aromatic carbocycles. The van der Waals surface area contributed by atoms with Crippen LogP contribution in [0.2, 0.25) is 0 Å². The predicted molar refractivity (Wildman–Crippen MR) is 123 cm³/mol. The minimum Gasteiger partial charge on any atom is -0.488 e. The van der Waals surface area contributed by atoms with Gasteiger partial charge in [-0.1, -0.05) is 46.3 Å². The van der Waals surface area contributed by atoms with Gasteiger partial charge in [-0.2, -0.15) is 5.10 Å². The van der Waals surface area contributed by atoms with E-state index in [4.69, 9.17) is 4.74 Å². The van der Waals surface area contributed by atoms with Gasteiger partial charge >= 0.3 is 0 Å². The van der Waals surface area contributed by atoms with Crippen molar-refractivity contribution < 1.29 is 13.9 Å². The molecule has 0 unspecified atom stereocenters. The molecule has 2 N–H and O–H groups in total. The number of fused-ring (bicyclic) bond motifs is 1. The molecule has 4 rings (SSSR count). The van der Waals surface area contributed by atoms with Crippen molar-refractivity contribution in [3.63, 3.8) is 0 Å². The molecule has 4 aromatic rings. The van der Waals surface area contributed by atoms with E-state index in [1.165, 1.54) is 18.3 Å². The lowest BCUT2D eigenvalue weighted by Gasteiger charge is -2.10. The van der Waals surface area contributed by atoms with E-state index in [2.05, 4.69) is 31.4 Å². The Morgan fingerprint density at radius 1 is 1.13 bits per heavy atom. The summed E-state index contributed by atoms with van der Waals surface area (Å²) in [6.45, 7) is 0.287. The first-order valence-corrected chi connectivity index (χ1v) is 10.4. The van der Waals surface area contributed by atoms with Crippen LogP contribution in [-0.4, -0.2) is 17.1 Å². The van der Waals surface area contributed by atoms with Crippen LogP contribution < -0.4 is 10.2 Å². The van der Waals surface area contributed by atoms with Crippen molar-refractivity contribution in [1.29, 1.82) is 0 Å². The molecule has 7 heteroatoms. The van der Waals surface area contributed by atoms with Crippen molar-refractivity contribution in [3.05, 3.63) is 99.9 Å². The normalized spacial score (nSPS) is 11.2. The quantitative estimate of drug-likeness (QED) is 0.277. The number of hydrazone groups is 1. The molecule has 0 radical (unpaired) electrons. The molecule has 0 spiro atoms. The fraction of sp³-hybridized carbons (Fsp3) is 0.0833. The average molecular weight is 480 g/mol. The zero-order valence-electron chi connectivity index (χ0n) is 16.4. The number of hydrogen-bond donors (Lipinski definition) is 2. The fourth-order valence-electron chi connectivity index (χ4n) is 3.16. The molecule has 1 aromatic heterocycles. The lowest BCUT2D eigenvalue weighted by atomic mass is 10.1. The summed E-state index contributed by atoms with van der Waals surface area (Å²) in [5.41, 5.74) is 6.01. The molecule has 5 nitrogen and oxygen atoms in total. The van der Waals surface area contributed by atoms with Crippen LogP contribution in [0.4, 0.5) is 4.39 Å². The number of nitrogens with zero attached hydrogens (tertiary/aromatic N) is 1. The van der Waals surface area contributed by atoms with Gasteiger partial charge in [0.1, 0.15) is 18.2 Å². The Bertz CT molecular complexity index is 1240. The molecule has 1 heterocycles. The number of H-pyrrole nitrogens is 1. The van der Waals surface area contributed by atoms with Gasteiger partial charge in [-0.3, -0.25) is 4.79 Å². The first kappa shape index (κ1) is 20.8. The van der Waals surface area contributed by atoms with E-state index >= 15 is 0 Å². The lowest BCUT2D eigenvalue weighted by Crippen LogP contribution is -2.19. The summed E-state index contributed by atoms with van der Waals surface area (Å²) in [7, 11) is 0. The Hall–Kier alpha value is -3.45. The number of benzene rings is 3. The first-order chi connectivity index (χ1) is 15.1. The van der Waals surface area contributed by atoms with Crippen molar-refractivity contribution in [2.24, 2.45) is 5.10 Å². The highest BCUT2D eigenvalue weighted by atomic mass is 79.9. The Balaban J connectivity index is 1.40. The van der Waals surface area contributed by atoms with Gasteiger partial charge in [0.15, 0.2) is 0 Å². The van der Waals surface area contributed by atoms with Gasteiger partial charge in [-0.25, -0.2) is 9.82 Å². The molecule has 156 valence electrons. The van der Waals surface area contributed by atoms with Crippen molar-refractivity contribution in [1.82, 2.24) is 10.4 Å². The Labute approximate surface area is 187 Å². The van der Waals surface area contributed by atoms with E-state index in [0.29, 0.717) is 11.3 Å². The SMILES string of the molecule is O=C(Cc1c[nH]c2ccccc12)NN=Cc1cc(Br)ccc1OCc1ccc(F)cc1. The number of rotatable bonds is 7. The summed E-state index contributed by atoms with van der Waals surface area (Å²) >= 11 is 3.43. The number of para-hydroxylation sites is 1. The molecule has 0 bridgehead atoms. The second-order valence-electron chi connectivity index (χ2n) is 6.93. The third-order valence-corrected chi connectivity index (χ3v) is 5.19. The van der Waals surface area contributed by atoms with Gasteiger partial charge in [-0.05, 0) is 47.5 Å². The predicted octanol–water partition coefficient (Wildman–Crippen LogP) is 5.34. The number of ether oxygens (including phenoxy) is 1. The van der Waals surface area contributed by atoms with E-state index < -0.39 is 0 Å². The standard InChI is InChI=1S/C24H19BrFN3O2/c25-19-7-10-23(31-15-16-5-8-20(26)9-6-16)18(11-19)14-28-29-24(30)12-17-13-27-22-4-2-1-3-21(17)22/h1-11,13-14,27H,12,15H2,(H,29,30). The molecule has 0 fully saturated rings. The molecule has 31 heavy (non-hydrogen) atoms. The summed E-state index contributed by atoms with van der Waals surface area (Å²) in [6, 6.07) is 19.5. The molecular formula is C24H19BrFN3O2. The van der Waals surface area contributed by atoms with E-state index in [1.54, 1.807) is 12.1 Å². The van der Waals surface area contributed by atoms with Crippen LogP contribution in [0.3, 0.4) is 0 Å². The number of aromatic nitrogens is 1. The number of amides is 1. The Morgan fingerprint density at radius 2 is 1.94 bits per heavy atom. The largest absolute Gasteiger partial charge is 0.488 e. The van der Waals surface area contributed by atoms with E-state index in [1.807, 2.05) is 48.7 Å². The summed E-state index contributed by atoms with van der Waals surface area (Å²) in [6.07, 6.45) is 3.59. The van der Waals surface area contributed by atoms with Crippen LogP contribution in [0.1, 0.15) is 16.7 Å². The highest BCUT2D eigenvalue weighted by Gasteiger charge is 2.08. The molecule has 0 saturated heterocycles. The van der Waals surface area contributed by atoms with Crippen LogP contribution in [0.25, 0.3) is 10.9 Å². The summed E-state index contributed by atoms with van der Waals surface area (Å²) < 4.78 is 19.8. The highest BCUT2D eigenvalue weighted by molar-refractivity contribution is 9.10. The van der Waals surface area contributed by atoms with Crippen molar-refractivity contribution >= 4 is 39.0 Å². The smallest absolute Gasteiger partial charge is 0.244 e. The number of hydrogen-bond acceptors (Lipinski definition) is 3. The van der Waals surface area contributed by atoms with Crippen LogP contribution in [0, 0.1) is 5.82 Å². The zero-order valence-corrected chi connectivity index (χ0v) is 18.0. The van der Waals surface area contributed by atoms with Crippen LogP contribution in [0.5, 0.6) is 5.75 Å². The van der Waals surface area contributed by atoms with Crippen LogP contribution >= 0.6 is 15.9 Å². The van der Waals surface area contributed by atoms with Crippen LogP contribution in [-0.2, 0) is 17.8 Å². The second kappa shape index (κ2) is 9.57. The molecule has 0 atom stereocenters. The fourth-order valence-corrected chi connectivity index (χ4v) is 3.54. The molecule has 0 saturated carbocycles. The summed E-state index contributed by atoms with van der Waals surface area (Å²) in [5, 5.41) is 5.10. The van der Waals surface area contributed by atoms with E-state index in [0.717, 1.165) is 26.5 Å². The molecule has 0 aliphatic carbocycles. The zero-order chi connectivity index (χ0) is 21.6. The van der Waals surface area contributed by atoms with Crippen molar-refractivity contribution in [2.75, 3.05) is 0 Å². The van der Waals surface area contributed by atoms with Crippen molar-refractivity contribution in [2.45, 2.75) is 13.0 Å². The molecular weight excluding hydrogens is 461 g/mol. The number of aromatic amines is 1. The third kappa shape index (κ3) is 5.38. The summed E-state index contributed by atoms with van der Waals surface area (Å²) in [4.78, 5) is 15.5. The Morgan fingerprint density at radius 3 is 2.77 bits per heavy atom. The first-order valence-electron chi connectivity index (χ1n) is 9.62. The van der Waals surface area contributed by atoms with Gasteiger partial charge < -0.3 is 9.72 Å². The molecule has 1 amide bonds. The van der Waals surface area contributed by atoms with Gasteiger partial charge in [0.2, 0.25) is 5.91 Å². The maximum Gasteiger partial charge on any atom is 0.244 e. The van der Waals surface area contributed by atoms with Gasteiger partial charge in [0.05, 0.1) is 12.6 Å². The monoisotopic (exact) mass is 479 g/mol. The van der Waals surface area contributed by atoms with Gasteiger partial charge in [0, 0.05) is 27.1 Å². The maximum atomic E-state index is 13.1. The van der Waals surface area contributed by atoms with E-state index in [-0.39, 0.29) is 24.8 Å². The number of carbonyl (C=O) groups excluding carboxylic acids is 1. The number of carbonyl (C=O) groups is 1. The second-order valence-corrected chi connectivity index (χ2v) is 7.84. The highest BCUT2D eigenvalue weighted by Crippen LogP contribution is 2.23. The minimum atomic E-state index is -0.288. The topological polar surface area (TPSA) is 66.5 Å².